The van der Waals surface area contributed by atoms with Crippen LogP contribution in [-0.4, -0.2) is 61.5 Å². The van der Waals surface area contributed by atoms with Crippen molar-refractivity contribution in [1.82, 2.24) is 15.1 Å². The fourth-order valence-corrected chi connectivity index (χ4v) is 3.28. The second-order valence-corrected chi connectivity index (χ2v) is 6.13. The highest BCUT2D eigenvalue weighted by Gasteiger charge is 2.25. The van der Waals surface area contributed by atoms with Crippen molar-refractivity contribution < 1.29 is 4.79 Å². The molecule has 19 heavy (non-hydrogen) atoms. The predicted octanol–water partition coefficient (Wildman–Crippen LogP) is 1.32. The van der Waals surface area contributed by atoms with Gasteiger partial charge in [-0.05, 0) is 65.1 Å². The van der Waals surface area contributed by atoms with Gasteiger partial charge in [0.25, 0.3) is 0 Å². The fraction of sp³-hybridized carbons (Fsp3) is 0.933. The van der Waals surface area contributed by atoms with Gasteiger partial charge in [-0.2, -0.15) is 0 Å². The van der Waals surface area contributed by atoms with Gasteiger partial charge in [0.1, 0.15) is 0 Å². The van der Waals surface area contributed by atoms with E-state index in [-0.39, 0.29) is 0 Å². The summed E-state index contributed by atoms with van der Waals surface area (Å²) in [4.78, 5) is 16.6. The highest BCUT2D eigenvalue weighted by atomic mass is 16.2. The zero-order valence-corrected chi connectivity index (χ0v) is 12.5. The van der Waals surface area contributed by atoms with Crippen LogP contribution in [0, 0.1) is 5.92 Å². The Hall–Kier alpha value is -0.610. The van der Waals surface area contributed by atoms with E-state index in [0.717, 1.165) is 32.1 Å². The largest absolute Gasteiger partial charge is 0.342 e. The smallest absolute Gasteiger partial charge is 0.236 e. The van der Waals surface area contributed by atoms with Crippen molar-refractivity contribution in [3.63, 3.8) is 0 Å². The van der Waals surface area contributed by atoms with Crippen molar-refractivity contribution >= 4 is 5.91 Å². The van der Waals surface area contributed by atoms with E-state index in [9.17, 15) is 4.79 Å². The third-order valence-corrected chi connectivity index (χ3v) is 4.86. The molecule has 4 nitrogen and oxygen atoms in total. The van der Waals surface area contributed by atoms with E-state index in [1.807, 2.05) is 7.05 Å². The molecule has 0 aromatic heterocycles. The summed E-state index contributed by atoms with van der Waals surface area (Å²) in [5.74, 6) is 1.12. The van der Waals surface area contributed by atoms with Crippen molar-refractivity contribution in [3.05, 3.63) is 0 Å². The summed E-state index contributed by atoms with van der Waals surface area (Å²) in [5.41, 5.74) is 0. The molecule has 2 aliphatic heterocycles. The van der Waals surface area contributed by atoms with Gasteiger partial charge in [-0.25, -0.2) is 0 Å². The molecule has 2 fully saturated rings. The molecule has 1 N–H and O–H groups in total. The molecule has 2 aliphatic rings. The van der Waals surface area contributed by atoms with Gasteiger partial charge in [0.2, 0.25) is 5.91 Å². The van der Waals surface area contributed by atoms with Crippen molar-refractivity contribution in [2.75, 3.05) is 39.8 Å². The molecular formula is C15H29N3O. The highest BCUT2D eigenvalue weighted by molar-refractivity contribution is 5.78. The summed E-state index contributed by atoms with van der Waals surface area (Å²) in [6, 6.07) is 0.597. The van der Waals surface area contributed by atoms with E-state index < -0.39 is 0 Å². The predicted molar refractivity (Wildman–Crippen MR) is 78.1 cm³/mol. The van der Waals surface area contributed by atoms with Gasteiger partial charge in [0.05, 0.1) is 6.54 Å². The monoisotopic (exact) mass is 267 g/mol. The number of carbonyl (C=O) groups is 1. The third kappa shape index (κ3) is 4.18. The minimum absolute atomic E-state index is 0.347. The Morgan fingerprint density at radius 3 is 2.37 bits per heavy atom. The van der Waals surface area contributed by atoms with Crippen LogP contribution >= 0.6 is 0 Å². The van der Waals surface area contributed by atoms with Gasteiger partial charge in [-0.3, -0.25) is 9.69 Å². The number of hydrogen-bond acceptors (Lipinski definition) is 3. The Bertz CT molecular complexity index is 281. The van der Waals surface area contributed by atoms with E-state index in [4.69, 9.17) is 0 Å². The maximum atomic E-state index is 12.2. The van der Waals surface area contributed by atoms with Crippen LogP contribution in [0.15, 0.2) is 0 Å². The zero-order valence-electron chi connectivity index (χ0n) is 12.5. The van der Waals surface area contributed by atoms with Crippen LogP contribution in [0.25, 0.3) is 0 Å². The minimum Gasteiger partial charge on any atom is -0.342 e. The van der Waals surface area contributed by atoms with Crippen molar-refractivity contribution in [1.29, 1.82) is 0 Å². The van der Waals surface area contributed by atoms with Gasteiger partial charge in [-0.1, -0.05) is 0 Å². The molecule has 0 aromatic carbocycles. The highest BCUT2D eigenvalue weighted by Crippen LogP contribution is 2.20. The Balaban J connectivity index is 1.71. The van der Waals surface area contributed by atoms with Crippen LogP contribution < -0.4 is 5.32 Å². The van der Waals surface area contributed by atoms with Crippen molar-refractivity contribution in [3.8, 4) is 0 Å². The number of carbonyl (C=O) groups excluding carboxylic acids is 1. The first-order chi connectivity index (χ1) is 9.20. The lowest BCUT2D eigenvalue weighted by molar-refractivity contribution is -0.133. The molecule has 2 rings (SSSR count). The average molecular weight is 267 g/mol. The number of hydrogen-bond donors (Lipinski definition) is 1. The summed E-state index contributed by atoms with van der Waals surface area (Å²) in [6.07, 6.45) is 6.10. The minimum atomic E-state index is 0.347. The fourth-order valence-electron chi connectivity index (χ4n) is 3.28. The molecule has 0 aliphatic carbocycles. The van der Waals surface area contributed by atoms with Gasteiger partial charge in [-0.15, -0.1) is 0 Å². The van der Waals surface area contributed by atoms with Crippen LogP contribution in [0.1, 0.15) is 39.0 Å². The molecule has 0 aromatic rings. The normalized spacial score (nSPS) is 24.4. The number of rotatable bonds is 4. The first kappa shape index (κ1) is 14.8. The second-order valence-electron chi connectivity index (χ2n) is 6.13. The molecule has 2 heterocycles. The second kappa shape index (κ2) is 7.25. The Labute approximate surface area is 117 Å². The number of piperidine rings is 2. The van der Waals surface area contributed by atoms with Crippen LogP contribution in [0.5, 0.6) is 0 Å². The topological polar surface area (TPSA) is 35.6 Å². The average Bonchev–Trinajstić information content (AvgIpc) is 2.48. The summed E-state index contributed by atoms with van der Waals surface area (Å²) in [5, 5.41) is 3.35. The van der Waals surface area contributed by atoms with E-state index in [1.54, 1.807) is 0 Å². The van der Waals surface area contributed by atoms with Crippen molar-refractivity contribution in [2.24, 2.45) is 5.92 Å². The SMILES string of the molecule is CNC(C)C1CCN(CC(=O)N2CCCCC2)CC1. The van der Waals surface area contributed by atoms with E-state index >= 15 is 0 Å². The Morgan fingerprint density at radius 1 is 1.16 bits per heavy atom. The van der Waals surface area contributed by atoms with Crippen LogP contribution in [0.2, 0.25) is 0 Å². The Morgan fingerprint density at radius 2 is 1.79 bits per heavy atom. The van der Waals surface area contributed by atoms with Crippen molar-refractivity contribution in [2.45, 2.75) is 45.1 Å². The molecule has 0 saturated carbocycles. The standard InChI is InChI=1S/C15H29N3O/c1-13(16-2)14-6-10-17(11-7-14)12-15(19)18-8-4-3-5-9-18/h13-14,16H,3-12H2,1-2H3. The molecule has 4 heteroatoms. The number of nitrogens with one attached hydrogen (secondary N) is 1. The maximum Gasteiger partial charge on any atom is 0.236 e. The zero-order chi connectivity index (χ0) is 13.7. The molecule has 1 atom stereocenters. The molecule has 1 unspecified atom stereocenters. The number of amides is 1. The van der Waals surface area contributed by atoms with E-state index in [2.05, 4.69) is 22.0 Å². The Kier molecular flexibility index (Phi) is 5.64. The molecular weight excluding hydrogens is 238 g/mol. The van der Waals surface area contributed by atoms with Gasteiger partial charge in [0, 0.05) is 19.1 Å². The van der Waals surface area contributed by atoms with E-state index in [0.29, 0.717) is 18.5 Å². The molecule has 0 spiro atoms. The molecule has 2 saturated heterocycles. The molecule has 0 radical (unpaired) electrons. The van der Waals surface area contributed by atoms with Crippen LogP contribution in [0.4, 0.5) is 0 Å². The van der Waals surface area contributed by atoms with Gasteiger partial charge < -0.3 is 10.2 Å². The lowest BCUT2D eigenvalue weighted by Crippen LogP contribution is -2.46. The van der Waals surface area contributed by atoms with Gasteiger partial charge in [0.15, 0.2) is 0 Å². The molecule has 1 amide bonds. The summed E-state index contributed by atoms with van der Waals surface area (Å²) in [7, 11) is 2.04. The maximum absolute atomic E-state index is 12.2. The first-order valence-corrected chi connectivity index (χ1v) is 7.88. The lowest BCUT2D eigenvalue weighted by atomic mass is 9.90. The summed E-state index contributed by atoms with van der Waals surface area (Å²) in [6.45, 7) is 7.02. The summed E-state index contributed by atoms with van der Waals surface area (Å²) < 4.78 is 0. The summed E-state index contributed by atoms with van der Waals surface area (Å²) >= 11 is 0. The first-order valence-electron chi connectivity index (χ1n) is 7.88. The van der Waals surface area contributed by atoms with Gasteiger partial charge >= 0.3 is 0 Å². The third-order valence-electron chi connectivity index (χ3n) is 4.86. The number of nitrogens with zero attached hydrogens (tertiary/aromatic N) is 2. The lowest BCUT2D eigenvalue weighted by Gasteiger charge is -2.36. The quantitative estimate of drug-likeness (QED) is 0.834. The number of likely N-dealkylation sites (tertiary alicyclic amines) is 2. The molecule has 0 bridgehead atoms. The molecule has 110 valence electrons. The van der Waals surface area contributed by atoms with Crippen LogP contribution in [0.3, 0.4) is 0 Å². The van der Waals surface area contributed by atoms with E-state index in [1.165, 1.54) is 32.1 Å². The van der Waals surface area contributed by atoms with Crippen LogP contribution in [-0.2, 0) is 4.79 Å².